The molecule has 26 heavy (non-hydrogen) atoms. The molecule has 6 rings (SSSR count). The predicted molar refractivity (Wildman–Crippen MR) is 94.3 cm³/mol. The van der Waals surface area contributed by atoms with Gasteiger partial charge in [0.15, 0.2) is 0 Å². The molecule has 1 spiro atoms. The highest BCUT2D eigenvalue weighted by molar-refractivity contribution is 5.97. The van der Waals surface area contributed by atoms with E-state index in [9.17, 15) is 9.59 Å². The summed E-state index contributed by atoms with van der Waals surface area (Å²) in [4.78, 5) is 29.6. The molecule has 1 aromatic rings. The van der Waals surface area contributed by atoms with E-state index in [0.29, 0.717) is 25.4 Å². The van der Waals surface area contributed by atoms with Crippen molar-refractivity contribution in [3.05, 3.63) is 35.4 Å². The Bertz CT molecular complexity index is 817. The zero-order valence-corrected chi connectivity index (χ0v) is 14.9. The first-order chi connectivity index (χ1) is 12.6. The van der Waals surface area contributed by atoms with Crippen molar-refractivity contribution >= 4 is 11.9 Å². The van der Waals surface area contributed by atoms with Gasteiger partial charge in [-0.1, -0.05) is 24.3 Å². The number of hydrogen-bond acceptors (Lipinski definition) is 3. The molecule has 2 saturated carbocycles. The van der Waals surface area contributed by atoms with Gasteiger partial charge in [-0.05, 0) is 49.1 Å². The van der Waals surface area contributed by atoms with E-state index >= 15 is 0 Å². The maximum Gasteiger partial charge on any atom is 0.327 e. The number of imide groups is 1. The molecule has 3 aliphatic heterocycles. The second-order valence-corrected chi connectivity index (χ2v) is 8.94. The van der Waals surface area contributed by atoms with Crippen LogP contribution in [0.4, 0.5) is 4.79 Å². The van der Waals surface area contributed by atoms with Crippen LogP contribution in [-0.4, -0.2) is 46.5 Å². The van der Waals surface area contributed by atoms with Crippen LogP contribution in [0.15, 0.2) is 24.3 Å². The molecule has 5 aliphatic rings. The molecule has 4 fully saturated rings. The molecule has 0 N–H and O–H groups in total. The summed E-state index contributed by atoms with van der Waals surface area (Å²) in [5.74, 6) is 0.556. The average molecular weight is 352 g/mol. The van der Waals surface area contributed by atoms with Crippen molar-refractivity contribution in [1.29, 1.82) is 0 Å². The summed E-state index contributed by atoms with van der Waals surface area (Å²) >= 11 is 0. The topological polar surface area (TPSA) is 49.9 Å². The first kappa shape index (κ1) is 15.2. The van der Waals surface area contributed by atoms with Crippen molar-refractivity contribution in [3.63, 3.8) is 0 Å². The summed E-state index contributed by atoms with van der Waals surface area (Å²) in [6.07, 6.45) is 5.77. The number of amides is 3. The highest BCUT2D eigenvalue weighted by atomic mass is 16.5. The normalized spacial score (nSPS) is 36.5. The second-order valence-electron chi connectivity index (χ2n) is 8.94. The van der Waals surface area contributed by atoms with Crippen molar-refractivity contribution in [2.45, 2.75) is 56.7 Å². The number of urea groups is 1. The lowest BCUT2D eigenvalue weighted by atomic mass is 9.68. The zero-order valence-electron chi connectivity index (χ0n) is 14.9. The van der Waals surface area contributed by atoms with E-state index in [-0.39, 0.29) is 29.0 Å². The van der Waals surface area contributed by atoms with Crippen molar-refractivity contribution in [2.24, 2.45) is 11.3 Å². The lowest BCUT2D eigenvalue weighted by molar-refractivity contribution is -0.140. The van der Waals surface area contributed by atoms with Gasteiger partial charge in [0.25, 0.3) is 0 Å². The highest BCUT2D eigenvalue weighted by Gasteiger charge is 2.74. The van der Waals surface area contributed by atoms with E-state index < -0.39 is 0 Å². The Morgan fingerprint density at radius 1 is 1.12 bits per heavy atom. The fraction of sp³-hybridized carbons (Fsp3) is 0.619. The van der Waals surface area contributed by atoms with Gasteiger partial charge < -0.3 is 9.64 Å². The summed E-state index contributed by atoms with van der Waals surface area (Å²) in [6.45, 7) is 2.01. The number of ether oxygens (including phenoxy) is 1. The Balaban J connectivity index is 1.28. The molecule has 5 heteroatoms. The van der Waals surface area contributed by atoms with E-state index in [1.807, 2.05) is 17.0 Å². The largest absolute Gasteiger partial charge is 0.374 e. The van der Waals surface area contributed by atoms with Gasteiger partial charge in [0, 0.05) is 31.0 Å². The van der Waals surface area contributed by atoms with E-state index in [4.69, 9.17) is 4.74 Å². The average Bonchev–Trinajstić information content (AvgIpc) is 3.22. The zero-order chi connectivity index (χ0) is 17.5. The van der Waals surface area contributed by atoms with Gasteiger partial charge in [-0.15, -0.1) is 0 Å². The molecule has 2 saturated heterocycles. The smallest absolute Gasteiger partial charge is 0.327 e. The van der Waals surface area contributed by atoms with Crippen LogP contribution in [0, 0.1) is 11.3 Å². The minimum atomic E-state index is -0.0813. The first-order valence-corrected chi connectivity index (χ1v) is 9.94. The van der Waals surface area contributed by atoms with Crippen LogP contribution in [-0.2, 0) is 22.5 Å². The molecule has 3 atom stereocenters. The predicted octanol–water partition coefficient (Wildman–Crippen LogP) is 2.72. The molecule has 0 unspecified atom stereocenters. The third-order valence-electron chi connectivity index (χ3n) is 7.84. The lowest BCUT2D eigenvalue weighted by Gasteiger charge is -2.49. The number of carbonyl (C=O) groups is 2. The Hall–Kier alpha value is -1.88. The standard InChI is InChI=1S/C21H24N2O3/c24-18-9-17-8-14-4-1-2-5-15(14)11-22(17)19(25)23(18)13-20-10-16(20)12-26-21(20)6-3-7-21/h1-2,4-5,16-17H,3,6-13H2/t16-,17-,20+/m0/s1. The molecular formula is C21H24N2O3. The van der Waals surface area contributed by atoms with Crippen LogP contribution < -0.4 is 0 Å². The molecule has 1 aromatic carbocycles. The summed E-state index contributed by atoms with van der Waals surface area (Å²) < 4.78 is 6.14. The molecular weight excluding hydrogens is 328 g/mol. The Morgan fingerprint density at radius 2 is 1.92 bits per heavy atom. The summed E-state index contributed by atoms with van der Waals surface area (Å²) in [5.41, 5.74) is 2.51. The number of nitrogens with zero attached hydrogens (tertiary/aromatic N) is 2. The SMILES string of the molecule is O=C1C[C@@H]2Cc3ccccc3CN2C(=O)N1C[C@]12C[C@H]1COC21CCC1. The molecule has 5 nitrogen and oxygen atoms in total. The number of carbonyl (C=O) groups excluding carboxylic acids is 2. The summed E-state index contributed by atoms with van der Waals surface area (Å²) in [7, 11) is 0. The maximum atomic E-state index is 13.2. The van der Waals surface area contributed by atoms with Crippen molar-refractivity contribution in [2.75, 3.05) is 13.2 Å². The van der Waals surface area contributed by atoms with Crippen LogP contribution in [0.3, 0.4) is 0 Å². The van der Waals surface area contributed by atoms with Gasteiger partial charge in [0.2, 0.25) is 5.91 Å². The monoisotopic (exact) mass is 352 g/mol. The van der Waals surface area contributed by atoms with Crippen LogP contribution >= 0.6 is 0 Å². The Morgan fingerprint density at radius 3 is 2.65 bits per heavy atom. The van der Waals surface area contributed by atoms with Gasteiger partial charge in [-0.2, -0.15) is 0 Å². The van der Waals surface area contributed by atoms with Gasteiger partial charge in [-0.3, -0.25) is 9.69 Å². The molecule has 3 amide bonds. The fourth-order valence-electron chi connectivity index (χ4n) is 6.04. The third kappa shape index (κ3) is 1.80. The van der Waals surface area contributed by atoms with Crippen LogP contribution in [0.1, 0.15) is 43.2 Å². The van der Waals surface area contributed by atoms with Crippen LogP contribution in [0.2, 0.25) is 0 Å². The van der Waals surface area contributed by atoms with Gasteiger partial charge >= 0.3 is 6.03 Å². The Labute approximate surface area is 153 Å². The number of hydrogen-bond donors (Lipinski definition) is 0. The van der Waals surface area contributed by atoms with E-state index in [0.717, 1.165) is 32.3 Å². The first-order valence-electron chi connectivity index (χ1n) is 9.94. The van der Waals surface area contributed by atoms with Crippen molar-refractivity contribution in [3.8, 4) is 0 Å². The minimum absolute atomic E-state index is 0.0111. The van der Waals surface area contributed by atoms with Crippen LogP contribution in [0.5, 0.6) is 0 Å². The molecule has 0 aromatic heterocycles. The van der Waals surface area contributed by atoms with Gasteiger partial charge in [0.1, 0.15) is 0 Å². The van der Waals surface area contributed by atoms with E-state index in [2.05, 4.69) is 12.1 Å². The Kier molecular flexibility index (Phi) is 2.86. The lowest BCUT2D eigenvalue weighted by Crippen LogP contribution is -2.61. The minimum Gasteiger partial charge on any atom is -0.374 e. The number of benzene rings is 1. The summed E-state index contributed by atoms with van der Waals surface area (Å²) in [5, 5.41) is 0. The molecule has 0 radical (unpaired) electrons. The van der Waals surface area contributed by atoms with Gasteiger partial charge in [0.05, 0.1) is 12.2 Å². The highest BCUT2D eigenvalue weighted by Crippen LogP contribution is 2.71. The number of fused-ring (bicyclic) bond motifs is 4. The van der Waals surface area contributed by atoms with Gasteiger partial charge in [-0.25, -0.2) is 4.79 Å². The van der Waals surface area contributed by atoms with E-state index in [1.54, 1.807) is 4.90 Å². The third-order valence-corrected chi connectivity index (χ3v) is 7.84. The maximum absolute atomic E-state index is 13.2. The fourth-order valence-corrected chi connectivity index (χ4v) is 6.04. The van der Waals surface area contributed by atoms with E-state index in [1.165, 1.54) is 17.5 Å². The second kappa shape index (κ2) is 4.89. The van der Waals surface area contributed by atoms with Crippen LogP contribution in [0.25, 0.3) is 0 Å². The number of rotatable bonds is 2. The molecule has 2 aliphatic carbocycles. The van der Waals surface area contributed by atoms with Crippen molar-refractivity contribution in [1.82, 2.24) is 9.80 Å². The molecule has 3 heterocycles. The van der Waals surface area contributed by atoms with Crippen molar-refractivity contribution < 1.29 is 14.3 Å². The molecule has 0 bridgehead atoms. The molecule has 136 valence electrons. The summed E-state index contributed by atoms with van der Waals surface area (Å²) in [6, 6.07) is 8.23. The quantitative estimate of drug-likeness (QED) is 0.822.